The van der Waals surface area contributed by atoms with E-state index in [1.165, 1.54) is 0 Å². The van der Waals surface area contributed by atoms with Crippen molar-refractivity contribution in [2.75, 3.05) is 17.8 Å². The zero-order chi connectivity index (χ0) is 21.0. The van der Waals surface area contributed by atoms with Gasteiger partial charge in [0.05, 0.1) is 23.6 Å². The highest BCUT2D eigenvalue weighted by atomic mass is 32.2. The number of hydrogen-bond acceptors (Lipinski definition) is 5. The molecule has 4 nitrogen and oxygen atoms in total. The van der Waals surface area contributed by atoms with Crippen molar-refractivity contribution in [2.24, 2.45) is 4.99 Å². The number of aliphatic imine (C=N–C) groups is 1. The Balaban J connectivity index is 1.71. The number of hydrogen-bond donors (Lipinski definition) is 1. The molecule has 4 rings (SSSR count). The van der Waals surface area contributed by atoms with Gasteiger partial charge in [0.2, 0.25) is 0 Å². The lowest BCUT2D eigenvalue weighted by Crippen LogP contribution is -2.42. The molecule has 0 saturated carbocycles. The van der Waals surface area contributed by atoms with Crippen LogP contribution in [0.1, 0.15) is 12.5 Å². The molecular formula is C25H24N2O2S. The topological polar surface area (TPSA) is 45.1 Å². The second-order valence-corrected chi connectivity index (χ2v) is 8.07. The molecule has 1 aliphatic rings. The molecule has 1 N–H and O–H groups in total. The van der Waals surface area contributed by atoms with E-state index in [0.29, 0.717) is 5.75 Å². The van der Waals surface area contributed by atoms with Crippen LogP contribution in [0, 0.1) is 0 Å². The highest BCUT2D eigenvalue weighted by Gasteiger charge is 2.44. The number of benzene rings is 3. The lowest BCUT2D eigenvalue weighted by Gasteiger charge is -2.35. The van der Waals surface area contributed by atoms with Crippen molar-refractivity contribution in [2.45, 2.75) is 12.6 Å². The standard InChI is InChI=1S/C25H24N2O2S/c1-19(26-21-13-15-23(29-2)16-14-21)17-24-27(22-11-7-4-8-12-22)25(28,18-30-24)20-9-5-3-6-10-20/h3-17,28H,18H2,1-2H3/b24-17-,26-19?/t25-/m1/s1. The summed E-state index contributed by atoms with van der Waals surface area (Å²) in [6.07, 6.45) is 2.03. The lowest BCUT2D eigenvalue weighted by molar-refractivity contribution is 0.0721. The molecule has 0 aliphatic carbocycles. The Kier molecular flexibility index (Phi) is 5.93. The van der Waals surface area contributed by atoms with E-state index in [-0.39, 0.29) is 0 Å². The zero-order valence-corrected chi connectivity index (χ0v) is 17.8. The lowest BCUT2D eigenvalue weighted by atomic mass is 10.0. The molecule has 0 amide bonds. The summed E-state index contributed by atoms with van der Waals surface area (Å²) in [5.74, 6) is 1.34. The zero-order valence-electron chi connectivity index (χ0n) is 17.0. The van der Waals surface area contributed by atoms with E-state index in [0.717, 1.165) is 33.4 Å². The highest BCUT2D eigenvalue weighted by molar-refractivity contribution is 8.03. The Morgan fingerprint density at radius 1 is 1.00 bits per heavy atom. The van der Waals surface area contributed by atoms with Gasteiger partial charge in [-0.15, -0.1) is 11.8 Å². The van der Waals surface area contributed by atoms with E-state index in [9.17, 15) is 5.11 Å². The van der Waals surface area contributed by atoms with Crippen LogP contribution in [0.2, 0.25) is 0 Å². The predicted octanol–water partition coefficient (Wildman–Crippen LogP) is 5.73. The van der Waals surface area contributed by atoms with Gasteiger partial charge in [0.25, 0.3) is 0 Å². The van der Waals surface area contributed by atoms with Gasteiger partial charge in [-0.3, -0.25) is 4.99 Å². The van der Waals surface area contributed by atoms with E-state index < -0.39 is 5.72 Å². The van der Waals surface area contributed by atoms with Crippen LogP contribution in [0.15, 0.2) is 101 Å². The number of aliphatic hydroxyl groups is 1. The van der Waals surface area contributed by atoms with Gasteiger partial charge in [-0.05, 0) is 49.4 Å². The molecule has 1 fully saturated rings. The monoisotopic (exact) mass is 416 g/mol. The number of nitrogens with zero attached hydrogens (tertiary/aromatic N) is 2. The maximum absolute atomic E-state index is 11.7. The smallest absolute Gasteiger partial charge is 0.178 e. The first-order valence-corrected chi connectivity index (χ1v) is 10.8. The van der Waals surface area contributed by atoms with Crippen molar-refractivity contribution in [3.8, 4) is 5.75 Å². The Hall–Kier alpha value is -3.02. The number of methoxy groups -OCH3 is 1. The van der Waals surface area contributed by atoms with Crippen molar-refractivity contribution in [3.63, 3.8) is 0 Å². The number of rotatable bonds is 5. The molecule has 3 aromatic carbocycles. The number of anilines is 1. The molecule has 1 heterocycles. The predicted molar refractivity (Wildman–Crippen MR) is 126 cm³/mol. The molecular weight excluding hydrogens is 392 g/mol. The fourth-order valence-corrected chi connectivity index (χ4v) is 4.78. The van der Waals surface area contributed by atoms with Crippen LogP contribution in [0.4, 0.5) is 11.4 Å². The van der Waals surface area contributed by atoms with Crippen LogP contribution in [0.25, 0.3) is 0 Å². The summed E-state index contributed by atoms with van der Waals surface area (Å²) in [5, 5.41) is 12.7. The highest BCUT2D eigenvalue weighted by Crippen LogP contribution is 2.47. The van der Waals surface area contributed by atoms with Gasteiger partial charge in [-0.1, -0.05) is 48.5 Å². The summed E-state index contributed by atoms with van der Waals surface area (Å²) in [7, 11) is 1.65. The minimum atomic E-state index is -1.13. The van der Waals surface area contributed by atoms with Crippen molar-refractivity contribution in [1.82, 2.24) is 0 Å². The van der Waals surface area contributed by atoms with E-state index >= 15 is 0 Å². The molecule has 152 valence electrons. The first kappa shape index (κ1) is 20.3. The normalized spacial score (nSPS) is 20.6. The van der Waals surface area contributed by atoms with Crippen LogP contribution in [-0.4, -0.2) is 23.7 Å². The summed E-state index contributed by atoms with van der Waals surface area (Å²) in [6.45, 7) is 1.97. The first-order chi connectivity index (χ1) is 14.6. The molecule has 1 aliphatic heterocycles. The molecule has 1 saturated heterocycles. The van der Waals surface area contributed by atoms with E-state index in [2.05, 4.69) is 0 Å². The largest absolute Gasteiger partial charge is 0.497 e. The van der Waals surface area contributed by atoms with Crippen LogP contribution in [0.5, 0.6) is 5.75 Å². The quantitative estimate of drug-likeness (QED) is 0.540. The molecule has 5 heteroatoms. The second kappa shape index (κ2) is 8.78. The van der Waals surface area contributed by atoms with Gasteiger partial charge in [0.1, 0.15) is 5.75 Å². The summed E-state index contributed by atoms with van der Waals surface area (Å²) >= 11 is 1.63. The van der Waals surface area contributed by atoms with Gasteiger partial charge >= 0.3 is 0 Å². The SMILES string of the molecule is COc1ccc(N=C(C)/C=C2\SC[C@@](O)(c3ccccc3)N2c2ccccc2)cc1. The molecule has 0 spiro atoms. The fraction of sp³-hybridized carbons (Fsp3) is 0.160. The molecule has 0 bridgehead atoms. The Bertz CT molecular complexity index is 1050. The number of allylic oxidation sites excluding steroid dienone is 1. The third-order valence-corrected chi connectivity index (χ3v) is 6.12. The van der Waals surface area contributed by atoms with E-state index in [1.807, 2.05) is 103 Å². The summed E-state index contributed by atoms with van der Waals surface area (Å²) in [4.78, 5) is 6.71. The molecule has 3 aromatic rings. The van der Waals surface area contributed by atoms with Crippen LogP contribution in [0.3, 0.4) is 0 Å². The minimum Gasteiger partial charge on any atom is -0.497 e. The summed E-state index contributed by atoms with van der Waals surface area (Å²) < 4.78 is 5.21. The minimum absolute atomic E-state index is 0.535. The average Bonchev–Trinajstić information content (AvgIpc) is 3.12. The number of para-hydroxylation sites is 1. The van der Waals surface area contributed by atoms with Crippen LogP contribution >= 0.6 is 11.8 Å². The van der Waals surface area contributed by atoms with Crippen LogP contribution in [-0.2, 0) is 5.72 Å². The third-order valence-electron chi connectivity index (χ3n) is 4.97. The van der Waals surface area contributed by atoms with Gasteiger partial charge in [-0.2, -0.15) is 0 Å². The Labute approximate surface area is 181 Å². The second-order valence-electron chi connectivity index (χ2n) is 7.08. The third kappa shape index (κ3) is 4.13. The van der Waals surface area contributed by atoms with Crippen molar-refractivity contribution in [3.05, 3.63) is 102 Å². The molecule has 30 heavy (non-hydrogen) atoms. The maximum Gasteiger partial charge on any atom is 0.178 e. The summed E-state index contributed by atoms with van der Waals surface area (Å²) in [6, 6.07) is 27.5. The Morgan fingerprint density at radius 3 is 2.27 bits per heavy atom. The molecule has 0 aromatic heterocycles. The molecule has 1 atom stereocenters. The molecule has 0 radical (unpaired) electrons. The van der Waals surface area contributed by atoms with Gasteiger partial charge in [-0.25, -0.2) is 0 Å². The maximum atomic E-state index is 11.7. The summed E-state index contributed by atoms with van der Waals surface area (Å²) in [5.41, 5.74) is 2.41. The Morgan fingerprint density at radius 2 is 1.63 bits per heavy atom. The van der Waals surface area contributed by atoms with Crippen LogP contribution < -0.4 is 9.64 Å². The number of ether oxygens (including phenoxy) is 1. The van der Waals surface area contributed by atoms with Gasteiger partial charge in [0.15, 0.2) is 5.72 Å². The van der Waals surface area contributed by atoms with Crippen molar-refractivity contribution >= 4 is 28.8 Å². The van der Waals surface area contributed by atoms with Gasteiger partial charge in [0, 0.05) is 17.0 Å². The van der Waals surface area contributed by atoms with Gasteiger partial charge < -0.3 is 14.7 Å². The average molecular weight is 417 g/mol. The van der Waals surface area contributed by atoms with E-state index in [4.69, 9.17) is 9.73 Å². The number of thioether (sulfide) groups is 1. The van der Waals surface area contributed by atoms with Crippen molar-refractivity contribution in [1.29, 1.82) is 0 Å². The first-order valence-electron chi connectivity index (χ1n) is 9.77. The van der Waals surface area contributed by atoms with E-state index in [1.54, 1.807) is 18.9 Å². The molecule has 0 unspecified atom stereocenters. The fourth-order valence-electron chi connectivity index (χ4n) is 3.50. The van der Waals surface area contributed by atoms with Crippen molar-refractivity contribution < 1.29 is 9.84 Å².